The third-order valence-electron chi connectivity index (χ3n) is 6.29. The van der Waals surface area contributed by atoms with Gasteiger partial charge in [0.05, 0.1) is 12.1 Å². The van der Waals surface area contributed by atoms with Crippen molar-refractivity contribution < 1.29 is 19.5 Å². The average molecular weight is 508 g/mol. The summed E-state index contributed by atoms with van der Waals surface area (Å²) in [5, 5.41) is 18.3. The highest BCUT2D eigenvalue weighted by atomic mass is 16.4. The van der Waals surface area contributed by atoms with Crippen molar-refractivity contribution in [1.29, 1.82) is 0 Å². The molecule has 0 spiro atoms. The first kappa shape index (κ1) is 26.2. The maximum atomic E-state index is 12.8. The van der Waals surface area contributed by atoms with Crippen molar-refractivity contribution in [1.82, 2.24) is 10.6 Å². The van der Waals surface area contributed by atoms with Crippen molar-refractivity contribution in [3.05, 3.63) is 125 Å². The molecule has 0 fully saturated rings. The van der Waals surface area contributed by atoms with Gasteiger partial charge in [-0.3, -0.25) is 9.59 Å². The number of carbonyl (C=O) groups excluding carboxylic acids is 2. The molecule has 7 nitrogen and oxygen atoms in total. The number of nitrogens with one attached hydrogen (secondary N) is 3. The first-order chi connectivity index (χ1) is 18.6. The quantitative estimate of drug-likeness (QED) is 0.200. The minimum atomic E-state index is -0.921. The number of benzene rings is 4. The minimum Gasteiger partial charge on any atom is -0.481 e. The second-order valence-electron chi connectivity index (χ2n) is 8.77. The Morgan fingerprint density at radius 2 is 1.42 bits per heavy atom. The number of aliphatic carboxylic acids is 1. The maximum Gasteiger partial charge on any atom is 0.319 e. The molecule has 4 N–H and O–H groups in total. The van der Waals surface area contributed by atoms with Crippen molar-refractivity contribution in [3.8, 4) is 11.1 Å². The molecule has 4 rings (SSSR count). The molecule has 0 bridgehead atoms. The van der Waals surface area contributed by atoms with Gasteiger partial charge in [0.1, 0.15) is 0 Å². The number of carboxylic acids is 1. The minimum absolute atomic E-state index is 0.108. The Morgan fingerprint density at radius 3 is 2.13 bits per heavy atom. The predicted molar refractivity (Wildman–Crippen MR) is 148 cm³/mol. The lowest BCUT2D eigenvalue weighted by atomic mass is 9.82. The van der Waals surface area contributed by atoms with E-state index in [9.17, 15) is 19.5 Å². The second-order valence-corrected chi connectivity index (χ2v) is 8.77. The number of anilines is 1. The lowest BCUT2D eigenvalue weighted by Gasteiger charge is -2.23. The fourth-order valence-electron chi connectivity index (χ4n) is 4.56. The molecule has 0 radical (unpaired) electrons. The van der Waals surface area contributed by atoms with Gasteiger partial charge in [-0.05, 0) is 33.9 Å². The molecule has 0 aliphatic rings. The summed E-state index contributed by atoms with van der Waals surface area (Å²) in [6.45, 7) is 0.583. The van der Waals surface area contributed by atoms with Crippen LogP contribution in [0, 0.1) is 0 Å². The summed E-state index contributed by atoms with van der Waals surface area (Å²) in [5.41, 5.74) is 5.58. The first-order valence-electron chi connectivity index (χ1n) is 12.3. The smallest absolute Gasteiger partial charge is 0.319 e. The summed E-state index contributed by atoms with van der Waals surface area (Å²) in [5.74, 6) is -1.35. The van der Waals surface area contributed by atoms with E-state index in [1.807, 2.05) is 103 Å². The fourth-order valence-corrected chi connectivity index (χ4v) is 4.56. The molecule has 0 saturated heterocycles. The van der Waals surface area contributed by atoms with Crippen LogP contribution in [0.3, 0.4) is 0 Å². The van der Waals surface area contributed by atoms with Gasteiger partial charge in [0, 0.05) is 24.6 Å². The molecule has 3 amide bonds. The first-order valence-corrected chi connectivity index (χ1v) is 12.3. The Bertz CT molecular complexity index is 1390. The zero-order valence-electron chi connectivity index (χ0n) is 20.8. The van der Waals surface area contributed by atoms with E-state index in [1.54, 1.807) is 0 Å². The molecule has 1 atom stereocenters. The van der Waals surface area contributed by atoms with Gasteiger partial charge >= 0.3 is 12.0 Å². The molecule has 7 heteroatoms. The largest absolute Gasteiger partial charge is 0.481 e. The number of carbonyl (C=O) groups is 3. The predicted octanol–water partition coefficient (Wildman–Crippen LogP) is 5.53. The van der Waals surface area contributed by atoms with E-state index in [4.69, 9.17) is 0 Å². The Hall–Kier alpha value is -4.91. The number of hydrogen-bond acceptors (Lipinski definition) is 3. The van der Waals surface area contributed by atoms with E-state index in [1.165, 1.54) is 0 Å². The molecule has 0 saturated carbocycles. The molecule has 4 aromatic rings. The zero-order valence-corrected chi connectivity index (χ0v) is 20.8. The van der Waals surface area contributed by atoms with E-state index >= 15 is 0 Å². The molecule has 1 unspecified atom stereocenters. The highest BCUT2D eigenvalue weighted by Crippen LogP contribution is 2.38. The van der Waals surface area contributed by atoms with Crippen LogP contribution >= 0.6 is 0 Å². The van der Waals surface area contributed by atoms with Crippen molar-refractivity contribution >= 4 is 24.1 Å². The molecule has 4 aromatic carbocycles. The van der Waals surface area contributed by atoms with Crippen LogP contribution in [0.4, 0.5) is 10.5 Å². The summed E-state index contributed by atoms with van der Waals surface area (Å²) in [6.07, 6.45) is 0.514. The highest BCUT2D eigenvalue weighted by molar-refractivity contribution is 5.95. The van der Waals surface area contributed by atoms with Crippen LogP contribution in [0.25, 0.3) is 11.1 Å². The van der Waals surface area contributed by atoms with Crippen LogP contribution in [0.2, 0.25) is 0 Å². The lowest BCUT2D eigenvalue weighted by molar-refractivity contribution is -0.137. The number of urea groups is 1. The SMILES string of the molecule is O=CNCc1c(-c2ccccc2NC(=O)NCc2ccccc2)cccc1C(CC(=O)O)c1ccccc1. The van der Waals surface area contributed by atoms with Crippen LogP contribution in [0.1, 0.15) is 34.6 Å². The molecule has 0 aromatic heterocycles. The maximum absolute atomic E-state index is 12.8. The molecule has 38 heavy (non-hydrogen) atoms. The number of carboxylic acid groups (broad SMARTS) is 1. The molecular formula is C31H29N3O4. The van der Waals surface area contributed by atoms with Crippen molar-refractivity contribution in [2.24, 2.45) is 0 Å². The third-order valence-corrected chi connectivity index (χ3v) is 6.29. The van der Waals surface area contributed by atoms with Gasteiger partial charge < -0.3 is 21.1 Å². The van der Waals surface area contributed by atoms with Gasteiger partial charge in [-0.15, -0.1) is 0 Å². The van der Waals surface area contributed by atoms with Gasteiger partial charge in [-0.25, -0.2) is 4.79 Å². The van der Waals surface area contributed by atoms with E-state index in [0.717, 1.165) is 33.4 Å². The zero-order chi connectivity index (χ0) is 26.7. The third kappa shape index (κ3) is 6.64. The van der Waals surface area contributed by atoms with Crippen molar-refractivity contribution in [2.45, 2.75) is 25.4 Å². The Labute approximate surface area is 221 Å². The topological polar surface area (TPSA) is 108 Å². The number of para-hydroxylation sites is 1. The van der Waals surface area contributed by atoms with Crippen LogP contribution < -0.4 is 16.0 Å². The molecule has 192 valence electrons. The average Bonchev–Trinajstić information content (AvgIpc) is 2.95. The van der Waals surface area contributed by atoms with E-state index in [0.29, 0.717) is 18.6 Å². The van der Waals surface area contributed by atoms with E-state index in [-0.39, 0.29) is 19.0 Å². The molecule has 0 aliphatic carbocycles. The summed E-state index contributed by atoms with van der Waals surface area (Å²) in [4.78, 5) is 35.9. The Morgan fingerprint density at radius 1 is 0.763 bits per heavy atom. The van der Waals surface area contributed by atoms with Gasteiger partial charge in [0.25, 0.3) is 0 Å². The fraction of sp³-hybridized carbons (Fsp3) is 0.129. The number of hydrogen-bond donors (Lipinski definition) is 4. The number of rotatable bonds is 11. The number of amides is 3. The van der Waals surface area contributed by atoms with Crippen LogP contribution in [-0.4, -0.2) is 23.5 Å². The highest BCUT2D eigenvalue weighted by Gasteiger charge is 2.23. The van der Waals surface area contributed by atoms with Gasteiger partial charge in [0.15, 0.2) is 0 Å². The molecular weight excluding hydrogens is 478 g/mol. The Balaban J connectivity index is 1.71. The van der Waals surface area contributed by atoms with E-state index in [2.05, 4.69) is 16.0 Å². The van der Waals surface area contributed by atoms with Crippen molar-refractivity contribution in [2.75, 3.05) is 5.32 Å². The standard InChI is InChI=1S/C31H29N3O4/c35-21-32-20-28-24(15-9-16-25(28)27(18-30(36)37)23-12-5-2-6-13-23)26-14-7-8-17-29(26)34-31(38)33-19-22-10-3-1-4-11-22/h1-17,21,27H,18-20H2,(H,32,35)(H,36,37)(H2,33,34,38). The van der Waals surface area contributed by atoms with Gasteiger partial charge in [-0.1, -0.05) is 97.1 Å². The van der Waals surface area contributed by atoms with Gasteiger partial charge in [-0.2, -0.15) is 0 Å². The summed E-state index contributed by atoms with van der Waals surface area (Å²) in [6, 6.07) is 31.8. The summed E-state index contributed by atoms with van der Waals surface area (Å²) in [7, 11) is 0. The normalized spacial score (nSPS) is 11.3. The van der Waals surface area contributed by atoms with E-state index < -0.39 is 11.9 Å². The summed E-state index contributed by atoms with van der Waals surface area (Å²) < 4.78 is 0. The Kier molecular flexibility index (Phi) is 8.86. The van der Waals surface area contributed by atoms with Crippen LogP contribution in [0.15, 0.2) is 103 Å². The van der Waals surface area contributed by atoms with Crippen LogP contribution in [-0.2, 0) is 22.7 Å². The van der Waals surface area contributed by atoms with Crippen LogP contribution in [0.5, 0.6) is 0 Å². The molecule has 0 heterocycles. The second kappa shape index (κ2) is 12.9. The monoisotopic (exact) mass is 507 g/mol. The van der Waals surface area contributed by atoms with Gasteiger partial charge in [0.2, 0.25) is 6.41 Å². The lowest BCUT2D eigenvalue weighted by Crippen LogP contribution is -2.28. The summed E-state index contributed by atoms with van der Waals surface area (Å²) >= 11 is 0. The molecule has 0 aliphatic heterocycles. The van der Waals surface area contributed by atoms with Crippen molar-refractivity contribution in [3.63, 3.8) is 0 Å².